The summed E-state index contributed by atoms with van der Waals surface area (Å²) in [6, 6.07) is 16.4. The minimum atomic E-state index is 0.583. The molecule has 1 aromatic heterocycles. The zero-order valence-corrected chi connectivity index (χ0v) is 14.6. The summed E-state index contributed by atoms with van der Waals surface area (Å²) in [6.45, 7) is 4.87. The van der Waals surface area contributed by atoms with Crippen molar-refractivity contribution in [1.82, 2.24) is 9.78 Å². The van der Waals surface area contributed by atoms with Gasteiger partial charge >= 0.3 is 0 Å². The van der Waals surface area contributed by atoms with E-state index in [-0.39, 0.29) is 0 Å². The standard InChI is InChI=1S/C19H20N4S/c1-14-7-8-15(2)18(11-14)22-19(24)21-17-6-3-5-16(12-17)13-23-10-4-9-20-23/h3-12H,13H2,1-2H3,(H2,21,22,24). The summed E-state index contributed by atoms with van der Waals surface area (Å²) in [6.07, 6.45) is 3.73. The van der Waals surface area contributed by atoms with Crippen LogP contribution in [0, 0.1) is 13.8 Å². The summed E-state index contributed by atoms with van der Waals surface area (Å²) >= 11 is 5.44. The van der Waals surface area contributed by atoms with Crippen LogP contribution < -0.4 is 10.6 Å². The van der Waals surface area contributed by atoms with Crippen molar-refractivity contribution in [2.24, 2.45) is 0 Å². The molecule has 0 radical (unpaired) electrons. The van der Waals surface area contributed by atoms with E-state index in [0.29, 0.717) is 5.11 Å². The van der Waals surface area contributed by atoms with Gasteiger partial charge in [-0.15, -0.1) is 0 Å². The van der Waals surface area contributed by atoms with Gasteiger partial charge in [0.1, 0.15) is 0 Å². The molecule has 1 heterocycles. The Bertz CT molecular complexity index is 840. The Balaban J connectivity index is 1.67. The second kappa shape index (κ2) is 7.27. The van der Waals surface area contributed by atoms with Gasteiger partial charge in [-0.05, 0) is 67.0 Å². The maximum Gasteiger partial charge on any atom is 0.175 e. The van der Waals surface area contributed by atoms with Crippen LogP contribution in [0.5, 0.6) is 0 Å². The zero-order chi connectivity index (χ0) is 16.9. The van der Waals surface area contributed by atoms with Crippen molar-refractivity contribution in [3.05, 3.63) is 77.6 Å². The second-order valence-corrected chi connectivity index (χ2v) is 6.21. The molecule has 0 saturated carbocycles. The molecule has 4 nitrogen and oxygen atoms in total. The van der Waals surface area contributed by atoms with Crippen molar-refractivity contribution >= 4 is 28.7 Å². The summed E-state index contributed by atoms with van der Waals surface area (Å²) in [5.41, 5.74) is 5.52. The van der Waals surface area contributed by atoms with Gasteiger partial charge in [0.05, 0.1) is 6.54 Å². The summed E-state index contributed by atoms with van der Waals surface area (Å²) in [5, 5.41) is 11.3. The molecule has 3 rings (SSSR count). The first kappa shape index (κ1) is 16.2. The van der Waals surface area contributed by atoms with E-state index >= 15 is 0 Å². The van der Waals surface area contributed by atoms with Crippen LogP contribution in [-0.2, 0) is 6.54 Å². The van der Waals surface area contributed by atoms with E-state index < -0.39 is 0 Å². The molecule has 0 saturated heterocycles. The maximum absolute atomic E-state index is 5.44. The number of aryl methyl sites for hydroxylation is 2. The van der Waals surface area contributed by atoms with Crippen LogP contribution in [0.2, 0.25) is 0 Å². The van der Waals surface area contributed by atoms with Crippen LogP contribution in [0.3, 0.4) is 0 Å². The Morgan fingerprint density at radius 1 is 1.08 bits per heavy atom. The number of benzene rings is 2. The van der Waals surface area contributed by atoms with Gasteiger partial charge in [-0.1, -0.05) is 24.3 Å². The molecule has 0 aliphatic heterocycles. The third kappa shape index (κ3) is 4.20. The SMILES string of the molecule is Cc1ccc(C)c(NC(=S)Nc2cccc(Cn3cccn3)c2)c1. The van der Waals surface area contributed by atoms with Crippen molar-refractivity contribution in [3.8, 4) is 0 Å². The summed E-state index contributed by atoms with van der Waals surface area (Å²) in [7, 11) is 0. The van der Waals surface area contributed by atoms with Gasteiger partial charge in [0.15, 0.2) is 5.11 Å². The number of nitrogens with zero attached hydrogens (tertiary/aromatic N) is 2. The van der Waals surface area contributed by atoms with Crippen LogP contribution in [0.4, 0.5) is 11.4 Å². The molecule has 5 heteroatoms. The highest BCUT2D eigenvalue weighted by atomic mass is 32.1. The number of rotatable bonds is 4. The fraction of sp³-hybridized carbons (Fsp3) is 0.158. The Morgan fingerprint density at radius 3 is 2.75 bits per heavy atom. The number of hydrogen-bond donors (Lipinski definition) is 2. The highest BCUT2D eigenvalue weighted by molar-refractivity contribution is 7.80. The third-order valence-corrected chi connectivity index (χ3v) is 3.93. The van der Waals surface area contributed by atoms with E-state index in [2.05, 4.69) is 59.9 Å². The fourth-order valence-corrected chi connectivity index (χ4v) is 2.71. The third-order valence-electron chi connectivity index (χ3n) is 3.73. The van der Waals surface area contributed by atoms with Gasteiger partial charge in [0.25, 0.3) is 0 Å². The first-order valence-corrected chi connectivity index (χ1v) is 8.22. The Morgan fingerprint density at radius 2 is 1.96 bits per heavy atom. The van der Waals surface area contributed by atoms with E-state index in [1.807, 2.05) is 29.1 Å². The van der Waals surface area contributed by atoms with Gasteiger partial charge in [-0.3, -0.25) is 4.68 Å². The van der Waals surface area contributed by atoms with Crippen molar-refractivity contribution in [3.63, 3.8) is 0 Å². The average molecular weight is 336 g/mol. The quantitative estimate of drug-likeness (QED) is 0.695. The van der Waals surface area contributed by atoms with Crippen LogP contribution in [0.15, 0.2) is 60.9 Å². The van der Waals surface area contributed by atoms with Crippen molar-refractivity contribution in [2.75, 3.05) is 10.6 Å². The average Bonchev–Trinajstić information content (AvgIpc) is 3.04. The van der Waals surface area contributed by atoms with Gasteiger partial charge in [-0.25, -0.2) is 0 Å². The van der Waals surface area contributed by atoms with E-state index in [9.17, 15) is 0 Å². The number of aromatic nitrogens is 2. The molecular formula is C19H20N4S. The predicted octanol–water partition coefficient (Wildman–Crippen LogP) is 4.36. The molecule has 0 atom stereocenters. The monoisotopic (exact) mass is 336 g/mol. The van der Waals surface area contributed by atoms with Crippen molar-refractivity contribution < 1.29 is 0 Å². The summed E-state index contributed by atoms with van der Waals surface area (Å²) < 4.78 is 1.89. The molecule has 24 heavy (non-hydrogen) atoms. The Hall–Kier alpha value is -2.66. The predicted molar refractivity (Wildman–Crippen MR) is 104 cm³/mol. The van der Waals surface area contributed by atoms with Gasteiger partial charge < -0.3 is 10.6 Å². The van der Waals surface area contributed by atoms with Gasteiger partial charge in [0, 0.05) is 23.8 Å². The van der Waals surface area contributed by atoms with Gasteiger partial charge in [0.2, 0.25) is 0 Å². The van der Waals surface area contributed by atoms with Crippen LogP contribution in [0.25, 0.3) is 0 Å². The van der Waals surface area contributed by atoms with E-state index in [4.69, 9.17) is 12.2 Å². The highest BCUT2D eigenvalue weighted by Crippen LogP contribution is 2.17. The number of anilines is 2. The van der Waals surface area contributed by atoms with E-state index in [0.717, 1.165) is 23.5 Å². The normalized spacial score (nSPS) is 10.4. The van der Waals surface area contributed by atoms with Crippen LogP contribution in [0.1, 0.15) is 16.7 Å². The highest BCUT2D eigenvalue weighted by Gasteiger charge is 2.03. The minimum Gasteiger partial charge on any atom is -0.332 e. The molecule has 0 aliphatic rings. The first-order chi connectivity index (χ1) is 11.6. The molecule has 2 aromatic carbocycles. The lowest BCUT2D eigenvalue weighted by Gasteiger charge is -2.14. The summed E-state index contributed by atoms with van der Waals surface area (Å²) in [4.78, 5) is 0. The molecule has 0 bridgehead atoms. The maximum atomic E-state index is 5.44. The van der Waals surface area contributed by atoms with Crippen LogP contribution in [-0.4, -0.2) is 14.9 Å². The Labute approximate surface area is 147 Å². The molecule has 0 spiro atoms. The first-order valence-electron chi connectivity index (χ1n) is 7.82. The largest absolute Gasteiger partial charge is 0.332 e. The lowest BCUT2D eigenvalue weighted by Crippen LogP contribution is -2.19. The summed E-state index contributed by atoms with van der Waals surface area (Å²) in [5.74, 6) is 0. The molecule has 122 valence electrons. The number of hydrogen-bond acceptors (Lipinski definition) is 2. The topological polar surface area (TPSA) is 41.9 Å². The fourth-order valence-electron chi connectivity index (χ4n) is 2.48. The van der Waals surface area contributed by atoms with Crippen molar-refractivity contribution in [1.29, 1.82) is 0 Å². The minimum absolute atomic E-state index is 0.583. The second-order valence-electron chi connectivity index (χ2n) is 5.80. The van der Waals surface area contributed by atoms with Crippen LogP contribution >= 0.6 is 12.2 Å². The lowest BCUT2D eigenvalue weighted by molar-refractivity contribution is 0.687. The molecule has 0 amide bonds. The van der Waals surface area contributed by atoms with E-state index in [1.165, 1.54) is 11.1 Å². The van der Waals surface area contributed by atoms with Gasteiger partial charge in [-0.2, -0.15) is 5.10 Å². The van der Waals surface area contributed by atoms with E-state index in [1.54, 1.807) is 6.20 Å². The molecule has 0 fully saturated rings. The lowest BCUT2D eigenvalue weighted by atomic mass is 10.1. The molecule has 2 N–H and O–H groups in total. The van der Waals surface area contributed by atoms with Crippen molar-refractivity contribution in [2.45, 2.75) is 20.4 Å². The smallest absolute Gasteiger partial charge is 0.175 e. The zero-order valence-electron chi connectivity index (χ0n) is 13.8. The molecular weight excluding hydrogens is 316 g/mol. The molecule has 0 aliphatic carbocycles. The molecule has 3 aromatic rings. The number of thiocarbonyl (C=S) groups is 1. The number of nitrogens with one attached hydrogen (secondary N) is 2. The molecule has 0 unspecified atom stereocenters. The Kier molecular flexibility index (Phi) is 4.91.